The molecule has 0 radical (unpaired) electrons. The second kappa shape index (κ2) is 8.67. The highest BCUT2D eigenvalue weighted by Crippen LogP contribution is 2.30. The van der Waals surface area contributed by atoms with Gasteiger partial charge in [-0.1, -0.05) is 19.4 Å². The van der Waals surface area contributed by atoms with Crippen LogP contribution in [0.3, 0.4) is 0 Å². The van der Waals surface area contributed by atoms with Crippen molar-refractivity contribution >= 4 is 15.9 Å². The topological polar surface area (TPSA) is 75.7 Å². The number of nitrogens with one attached hydrogen (secondary N) is 1. The molecule has 2 rings (SSSR count). The zero-order valence-corrected chi connectivity index (χ0v) is 16.1. The van der Waals surface area contributed by atoms with Crippen LogP contribution in [0.15, 0.2) is 23.1 Å². The van der Waals surface area contributed by atoms with Gasteiger partial charge in [-0.05, 0) is 43.9 Å². The standard InChI is InChI=1S/C18H28N2O4S/c1-4-5-10-19-18(21)15-7-6-11-20(13-15)25(22,23)17-12-14(2)8-9-16(17)24-3/h8-9,12,15H,4-7,10-11,13H2,1-3H3,(H,19,21)/t15-/m1/s1. The number of piperidine rings is 1. The molecule has 1 heterocycles. The quantitative estimate of drug-likeness (QED) is 0.750. The van der Waals surface area contributed by atoms with Gasteiger partial charge in [0.25, 0.3) is 0 Å². The molecule has 140 valence electrons. The molecule has 1 aromatic rings. The molecule has 1 amide bonds. The van der Waals surface area contributed by atoms with E-state index in [0.717, 1.165) is 24.8 Å². The first-order chi connectivity index (χ1) is 11.9. The highest BCUT2D eigenvalue weighted by atomic mass is 32.2. The maximum Gasteiger partial charge on any atom is 0.246 e. The van der Waals surface area contributed by atoms with E-state index in [1.54, 1.807) is 12.1 Å². The third-order valence-corrected chi connectivity index (χ3v) is 6.41. The first-order valence-corrected chi connectivity index (χ1v) is 10.3. The largest absolute Gasteiger partial charge is 0.495 e. The third-order valence-electron chi connectivity index (χ3n) is 4.52. The number of ether oxygens (including phenoxy) is 1. The average Bonchev–Trinajstić information content (AvgIpc) is 2.62. The number of rotatable bonds is 7. The number of methoxy groups -OCH3 is 1. The molecule has 0 aliphatic carbocycles. The van der Waals surface area contributed by atoms with Gasteiger partial charge in [0.15, 0.2) is 0 Å². The van der Waals surface area contributed by atoms with Crippen molar-refractivity contribution in [3.05, 3.63) is 23.8 Å². The normalized spacial score (nSPS) is 18.8. The molecule has 0 unspecified atom stereocenters. The molecule has 0 spiro atoms. The molecule has 1 fully saturated rings. The third kappa shape index (κ3) is 4.73. The Balaban J connectivity index is 2.17. The Morgan fingerprint density at radius 1 is 1.40 bits per heavy atom. The van der Waals surface area contributed by atoms with Crippen molar-refractivity contribution in [1.29, 1.82) is 0 Å². The summed E-state index contributed by atoms with van der Waals surface area (Å²) in [4.78, 5) is 12.5. The minimum atomic E-state index is -3.69. The number of carbonyl (C=O) groups is 1. The smallest absolute Gasteiger partial charge is 0.246 e. The predicted octanol–water partition coefficient (Wildman–Crippen LogP) is 2.32. The number of nitrogens with zero attached hydrogens (tertiary/aromatic N) is 1. The van der Waals surface area contributed by atoms with Gasteiger partial charge in [0.05, 0.1) is 13.0 Å². The summed E-state index contributed by atoms with van der Waals surface area (Å²) in [6.07, 6.45) is 3.34. The molecule has 1 atom stereocenters. The van der Waals surface area contributed by atoms with Crippen molar-refractivity contribution in [2.45, 2.75) is 44.4 Å². The highest BCUT2D eigenvalue weighted by molar-refractivity contribution is 7.89. The number of amides is 1. The molecule has 1 aromatic carbocycles. The lowest BCUT2D eigenvalue weighted by molar-refractivity contribution is -0.126. The van der Waals surface area contributed by atoms with E-state index in [0.29, 0.717) is 25.3 Å². The maximum absolute atomic E-state index is 13.1. The van der Waals surface area contributed by atoms with Crippen molar-refractivity contribution in [2.24, 2.45) is 5.92 Å². The van der Waals surface area contributed by atoms with Crippen LogP contribution in [0.2, 0.25) is 0 Å². The lowest BCUT2D eigenvalue weighted by atomic mass is 9.99. The first kappa shape index (κ1) is 19.7. The lowest BCUT2D eigenvalue weighted by Crippen LogP contribution is -2.45. The van der Waals surface area contributed by atoms with Gasteiger partial charge in [0, 0.05) is 19.6 Å². The van der Waals surface area contributed by atoms with Crippen LogP contribution in [0.5, 0.6) is 5.75 Å². The molecular formula is C18H28N2O4S. The molecule has 1 aliphatic rings. The van der Waals surface area contributed by atoms with Gasteiger partial charge in [-0.2, -0.15) is 4.31 Å². The van der Waals surface area contributed by atoms with Crippen LogP contribution in [0.1, 0.15) is 38.2 Å². The Morgan fingerprint density at radius 2 is 2.16 bits per heavy atom. The van der Waals surface area contributed by atoms with Crippen LogP contribution >= 0.6 is 0 Å². The number of hydrogen-bond donors (Lipinski definition) is 1. The first-order valence-electron chi connectivity index (χ1n) is 8.82. The van der Waals surface area contributed by atoms with E-state index in [2.05, 4.69) is 12.2 Å². The molecule has 1 aliphatic heterocycles. The number of carbonyl (C=O) groups excluding carboxylic acids is 1. The van der Waals surface area contributed by atoms with Crippen molar-refractivity contribution in [3.63, 3.8) is 0 Å². The van der Waals surface area contributed by atoms with Crippen molar-refractivity contribution in [2.75, 3.05) is 26.7 Å². The summed E-state index contributed by atoms with van der Waals surface area (Å²) in [5, 5.41) is 2.91. The van der Waals surface area contributed by atoms with Gasteiger partial charge in [-0.3, -0.25) is 4.79 Å². The van der Waals surface area contributed by atoms with Gasteiger partial charge in [-0.15, -0.1) is 0 Å². The molecule has 25 heavy (non-hydrogen) atoms. The summed E-state index contributed by atoms with van der Waals surface area (Å²) in [6.45, 7) is 5.20. The van der Waals surface area contributed by atoms with E-state index < -0.39 is 10.0 Å². The Kier molecular flexibility index (Phi) is 6.84. The van der Waals surface area contributed by atoms with Crippen LogP contribution in [0, 0.1) is 12.8 Å². The lowest BCUT2D eigenvalue weighted by Gasteiger charge is -2.31. The van der Waals surface area contributed by atoms with Gasteiger partial charge in [-0.25, -0.2) is 8.42 Å². The second-order valence-electron chi connectivity index (χ2n) is 6.50. The van der Waals surface area contributed by atoms with E-state index in [-0.39, 0.29) is 23.3 Å². The SMILES string of the molecule is CCCCNC(=O)[C@@H]1CCCN(S(=O)(=O)c2cc(C)ccc2OC)C1. The fourth-order valence-corrected chi connectivity index (χ4v) is 4.80. The maximum atomic E-state index is 13.1. The number of unbranched alkanes of at least 4 members (excludes halogenated alkanes) is 1. The van der Waals surface area contributed by atoms with Crippen LogP contribution in [0.25, 0.3) is 0 Å². The molecule has 0 aromatic heterocycles. The second-order valence-corrected chi connectivity index (χ2v) is 8.41. The van der Waals surface area contributed by atoms with Gasteiger partial charge in [0.1, 0.15) is 10.6 Å². The summed E-state index contributed by atoms with van der Waals surface area (Å²) < 4.78 is 32.8. The minimum Gasteiger partial charge on any atom is -0.495 e. The average molecular weight is 368 g/mol. The summed E-state index contributed by atoms with van der Waals surface area (Å²) in [7, 11) is -2.23. The molecule has 1 N–H and O–H groups in total. The molecule has 6 nitrogen and oxygen atoms in total. The molecule has 7 heteroatoms. The van der Waals surface area contributed by atoms with E-state index in [4.69, 9.17) is 4.74 Å². The Hall–Kier alpha value is -1.60. The molecule has 1 saturated heterocycles. The van der Waals surface area contributed by atoms with Gasteiger partial charge >= 0.3 is 0 Å². The van der Waals surface area contributed by atoms with E-state index in [1.807, 2.05) is 13.0 Å². The molecular weight excluding hydrogens is 340 g/mol. The summed E-state index contributed by atoms with van der Waals surface area (Å²) in [6, 6.07) is 5.11. The van der Waals surface area contributed by atoms with Crippen LogP contribution in [-0.2, 0) is 14.8 Å². The monoisotopic (exact) mass is 368 g/mol. The van der Waals surface area contributed by atoms with Crippen LogP contribution in [-0.4, -0.2) is 45.4 Å². The molecule has 0 saturated carbocycles. The van der Waals surface area contributed by atoms with Crippen LogP contribution < -0.4 is 10.1 Å². The van der Waals surface area contributed by atoms with Crippen molar-refractivity contribution in [1.82, 2.24) is 9.62 Å². The van der Waals surface area contributed by atoms with E-state index in [9.17, 15) is 13.2 Å². The predicted molar refractivity (Wildman–Crippen MR) is 97.1 cm³/mol. The summed E-state index contributed by atoms with van der Waals surface area (Å²) in [5.74, 6) is -0.0131. The van der Waals surface area contributed by atoms with Gasteiger partial charge < -0.3 is 10.1 Å². The fraction of sp³-hybridized carbons (Fsp3) is 0.611. The van der Waals surface area contributed by atoms with Crippen molar-refractivity contribution in [3.8, 4) is 5.75 Å². The number of benzene rings is 1. The van der Waals surface area contributed by atoms with Gasteiger partial charge in [0.2, 0.25) is 15.9 Å². The number of hydrogen-bond acceptors (Lipinski definition) is 4. The van der Waals surface area contributed by atoms with E-state index in [1.165, 1.54) is 11.4 Å². The Morgan fingerprint density at radius 3 is 2.84 bits per heavy atom. The van der Waals surface area contributed by atoms with E-state index >= 15 is 0 Å². The Labute approximate surface area is 150 Å². The zero-order valence-electron chi connectivity index (χ0n) is 15.2. The fourth-order valence-electron chi connectivity index (χ4n) is 3.03. The highest BCUT2D eigenvalue weighted by Gasteiger charge is 2.34. The number of sulfonamides is 1. The van der Waals surface area contributed by atoms with Crippen molar-refractivity contribution < 1.29 is 17.9 Å². The zero-order chi connectivity index (χ0) is 18.4. The summed E-state index contributed by atoms with van der Waals surface area (Å²) in [5.41, 5.74) is 0.852. The summed E-state index contributed by atoms with van der Waals surface area (Å²) >= 11 is 0. The number of aryl methyl sites for hydroxylation is 1. The molecule has 0 bridgehead atoms. The Bertz CT molecular complexity index is 703. The van der Waals surface area contributed by atoms with Crippen LogP contribution in [0.4, 0.5) is 0 Å². The minimum absolute atomic E-state index is 0.0513.